The second-order valence-corrected chi connectivity index (χ2v) is 6.19. The van der Waals surface area contributed by atoms with Gasteiger partial charge in [0.05, 0.1) is 11.6 Å². The van der Waals surface area contributed by atoms with Crippen LogP contribution in [0.1, 0.15) is 17.2 Å². The monoisotopic (exact) mass is 384 g/mol. The van der Waals surface area contributed by atoms with Gasteiger partial charge >= 0.3 is 6.18 Å². The van der Waals surface area contributed by atoms with Gasteiger partial charge in [0.15, 0.2) is 0 Å². The summed E-state index contributed by atoms with van der Waals surface area (Å²) in [6, 6.07) is 10.7. The summed E-state index contributed by atoms with van der Waals surface area (Å²) in [4.78, 5) is 13.4. The normalized spacial score (nSPS) is 21.3. The van der Waals surface area contributed by atoms with Gasteiger partial charge in [-0.1, -0.05) is 34.1 Å². The molecule has 1 heterocycles. The maximum atomic E-state index is 12.9. The molecule has 120 valence electrons. The Bertz CT molecular complexity index is 746. The zero-order valence-electron chi connectivity index (χ0n) is 11.7. The van der Waals surface area contributed by atoms with E-state index in [2.05, 4.69) is 15.9 Å². The first-order valence-electron chi connectivity index (χ1n) is 6.80. The average molecular weight is 385 g/mol. The number of hydrogen-bond donors (Lipinski definition) is 1. The molecule has 0 bridgehead atoms. The van der Waals surface area contributed by atoms with E-state index in [1.165, 1.54) is 17.0 Å². The fourth-order valence-electron chi connectivity index (χ4n) is 2.65. The average Bonchev–Trinajstić information content (AvgIpc) is 2.52. The van der Waals surface area contributed by atoms with Crippen LogP contribution in [0, 0.1) is 0 Å². The molecule has 0 spiro atoms. The third-order valence-electron chi connectivity index (χ3n) is 3.80. The number of carbonyl (C=O) groups excluding carboxylic acids is 1. The van der Waals surface area contributed by atoms with E-state index in [1.807, 2.05) is 0 Å². The summed E-state index contributed by atoms with van der Waals surface area (Å²) < 4.78 is 39.4. The van der Waals surface area contributed by atoms with Gasteiger partial charge in [0.25, 0.3) is 0 Å². The van der Waals surface area contributed by atoms with Gasteiger partial charge in [-0.15, -0.1) is 0 Å². The lowest BCUT2D eigenvalue weighted by Crippen LogP contribution is -2.63. The number of benzene rings is 2. The van der Waals surface area contributed by atoms with Crippen LogP contribution in [0.5, 0.6) is 0 Å². The Morgan fingerprint density at radius 2 is 1.74 bits per heavy atom. The minimum Gasteiger partial charge on any atom is -0.318 e. The molecule has 0 aromatic heterocycles. The number of halogens is 4. The second-order valence-electron chi connectivity index (χ2n) is 5.28. The van der Waals surface area contributed by atoms with E-state index in [1.54, 1.807) is 24.3 Å². The van der Waals surface area contributed by atoms with Crippen molar-refractivity contribution in [1.29, 1.82) is 0 Å². The minimum atomic E-state index is -4.46. The summed E-state index contributed by atoms with van der Waals surface area (Å²) in [5.74, 6) is -0.391. The smallest absolute Gasteiger partial charge is 0.318 e. The molecule has 1 saturated heterocycles. The molecule has 2 N–H and O–H groups in total. The summed E-state index contributed by atoms with van der Waals surface area (Å²) in [6.07, 6.45) is -4.46. The molecule has 1 fully saturated rings. The molecule has 23 heavy (non-hydrogen) atoms. The molecule has 1 aliphatic heterocycles. The predicted molar refractivity (Wildman–Crippen MR) is 83.8 cm³/mol. The molecule has 0 radical (unpaired) electrons. The van der Waals surface area contributed by atoms with E-state index in [0.717, 1.165) is 22.2 Å². The highest BCUT2D eigenvalue weighted by Gasteiger charge is 2.47. The zero-order valence-corrected chi connectivity index (χ0v) is 13.3. The highest BCUT2D eigenvalue weighted by Crippen LogP contribution is 2.40. The molecular formula is C16H12BrF3N2O. The first-order chi connectivity index (χ1) is 10.8. The summed E-state index contributed by atoms with van der Waals surface area (Å²) >= 11 is 3.32. The molecule has 1 aliphatic rings. The van der Waals surface area contributed by atoms with Crippen molar-refractivity contribution < 1.29 is 18.0 Å². The van der Waals surface area contributed by atoms with Crippen LogP contribution in [-0.4, -0.2) is 11.9 Å². The quantitative estimate of drug-likeness (QED) is 0.798. The molecule has 0 aliphatic carbocycles. The van der Waals surface area contributed by atoms with Crippen LogP contribution in [0.2, 0.25) is 0 Å². The van der Waals surface area contributed by atoms with Crippen molar-refractivity contribution in [2.75, 3.05) is 4.90 Å². The SMILES string of the molecule is N[C@@H]1C(=O)N(c2cccc(C(F)(F)F)c2)[C@H]1c1ccc(Br)cc1. The molecule has 0 saturated carbocycles. The van der Waals surface area contributed by atoms with Gasteiger partial charge in [0.1, 0.15) is 6.04 Å². The lowest BCUT2D eigenvalue weighted by atomic mass is 9.88. The Labute approximate surface area is 139 Å². The molecule has 3 rings (SSSR count). The number of anilines is 1. The van der Waals surface area contributed by atoms with Crippen molar-refractivity contribution in [1.82, 2.24) is 0 Å². The first-order valence-corrected chi connectivity index (χ1v) is 7.60. The number of β-lactam (4-membered cyclic amide) rings is 1. The summed E-state index contributed by atoms with van der Waals surface area (Å²) in [6.45, 7) is 0. The second kappa shape index (κ2) is 5.65. The van der Waals surface area contributed by atoms with Crippen LogP contribution in [0.15, 0.2) is 53.0 Å². The fraction of sp³-hybridized carbons (Fsp3) is 0.188. The van der Waals surface area contributed by atoms with Gasteiger partial charge in [-0.3, -0.25) is 4.79 Å². The third-order valence-corrected chi connectivity index (χ3v) is 4.33. The first kappa shape index (κ1) is 16.0. The Morgan fingerprint density at radius 1 is 1.09 bits per heavy atom. The van der Waals surface area contributed by atoms with Crippen molar-refractivity contribution in [3.05, 3.63) is 64.1 Å². The number of alkyl halides is 3. The number of carbonyl (C=O) groups is 1. The standard InChI is InChI=1S/C16H12BrF3N2O/c17-11-6-4-9(5-7-11)14-13(21)15(23)22(14)12-3-1-2-10(8-12)16(18,19)20/h1-8,13-14H,21H2/t13-,14-/m0/s1. The van der Waals surface area contributed by atoms with E-state index >= 15 is 0 Å². The number of nitrogens with zero attached hydrogens (tertiary/aromatic N) is 1. The number of nitrogens with two attached hydrogens (primary N) is 1. The minimum absolute atomic E-state index is 0.194. The van der Waals surface area contributed by atoms with Crippen LogP contribution in [0.4, 0.5) is 18.9 Å². The van der Waals surface area contributed by atoms with Gasteiger partial charge in [0.2, 0.25) is 5.91 Å². The van der Waals surface area contributed by atoms with E-state index in [0.29, 0.717) is 0 Å². The summed E-state index contributed by atoms with van der Waals surface area (Å²) in [5.41, 5.74) is 6.04. The number of hydrogen-bond acceptors (Lipinski definition) is 2. The summed E-state index contributed by atoms with van der Waals surface area (Å²) in [7, 11) is 0. The lowest BCUT2D eigenvalue weighted by Gasteiger charge is -2.45. The number of amides is 1. The Hall–Kier alpha value is -1.86. The lowest BCUT2D eigenvalue weighted by molar-refractivity contribution is -0.137. The molecular weight excluding hydrogens is 373 g/mol. The van der Waals surface area contributed by atoms with Gasteiger partial charge in [-0.2, -0.15) is 13.2 Å². The van der Waals surface area contributed by atoms with Gasteiger partial charge < -0.3 is 10.6 Å². The molecule has 2 atom stereocenters. The number of rotatable bonds is 2. The van der Waals surface area contributed by atoms with E-state index < -0.39 is 29.7 Å². The Kier molecular flexibility index (Phi) is 3.93. The van der Waals surface area contributed by atoms with Crippen LogP contribution < -0.4 is 10.6 Å². The van der Waals surface area contributed by atoms with E-state index in [4.69, 9.17) is 5.73 Å². The van der Waals surface area contributed by atoms with Crippen molar-refractivity contribution in [2.45, 2.75) is 18.3 Å². The maximum Gasteiger partial charge on any atom is 0.416 e. The van der Waals surface area contributed by atoms with Gasteiger partial charge in [0, 0.05) is 10.2 Å². The Balaban J connectivity index is 1.98. The largest absolute Gasteiger partial charge is 0.416 e. The topological polar surface area (TPSA) is 46.3 Å². The molecule has 3 nitrogen and oxygen atoms in total. The van der Waals surface area contributed by atoms with E-state index in [9.17, 15) is 18.0 Å². The van der Waals surface area contributed by atoms with E-state index in [-0.39, 0.29) is 5.69 Å². The van der Waals surface area contributed by atoms with Gasteiger partial charge in [-0.25, -0.2) is 0 Å². The van der Waals surface area contributed by atoms with Crippen molar-refractivity contribution in [3.63, 3.8) is 0 Å². The molecule has 2 aromatic rings. The van der Waals surface area contributed by atoms with Crippen LogP contribution >= 0.6 is 15.9 Å². The third kappa shape index (κ3) is 2.86. The molecule has 7 heteroatoms. The van der Waals surface area contributed by atoms with Crippen molar-refractivity contribution >= 4 is 27.5 Å². The predicted octanol–water partition coefficient (Wildman–Crippen LogP) is 3.88. The van der Waals surface area contributed by atoms with Crippen LogP contribution in [-0.2, 0) is 11.0 Å². The Morgan fingerprint density at radius 3 is 2.35 bits per heavy atom. The molecule has 0 unspecified atom stereocenters. The van der Waals surface area contributed by atoms with Crippen LogP contribution in [0.3, 0.4) is 0 Å². The van der Waals surface area contributed by atoms with Crippen LogP contribution in [0.25, 0.3) is 0 Å². The summed E-state index contributed by atoms with van der Waals surface area (Å²) in [5, 5.41) is 0. The highest BCUT2D eigenvalue weighted by molar-refractivity contribution is 9.10. The van der Waals surface area contributed by atoms with Crippen molar-refractivity contribution in [3.8, 4) is 0 Å². The maximum absolute atomic E-state index is 12.9. The molecule has 2 aromatic carbocycles. The van der Waals surface area contributed by atoms with Crippen molar-refractivity contribution in [2.24, 2.45) is 5.73 Å². The fourth-order valence-corrected chi connectivity index (χ4v) is 2.91. The zero-order chi connectivity index (χ0) is 16.8. The van der Waals surface area contributed by atoms with Gasteiger partial charge in [-0.05, 0) is 35.9 Å². The molecule has 1 amide bonds. The highest BCUT2D eigenvalue weighted by atomic mass is 79.9.